The van der Waals surface area contributed by atoms with Gasteiger partial charge in [-0.05, 0) is 6.92 Å². The fourth-order valence-electron chi connectivity index (χ4n) is 2.87. The van der Waals surface area contributed by atoms with Gasteiger partial charge in [0.15, 0.2) is 16.3 Å². The van der Waals surface area contributed by atoms with E-state index in [-0.39, 0.29) is 5.56 Å². The zero-order valence-corrected chi connectivity index (χ0v) is 17.0. The van der Waals surface area contributed by atoms with Gasteiger partial charge in [0.2, 0.25) is 0 Å². The van der Waals surface area contributed by atoms with Crippen molar-refractivity contribution in [2.24, 2.45) is 4.99 Å². The number of rotatable bonds is 6. The number of carbonyl (C=O) groups excluding carboxylic acids is 1. The molecule has 1 amide bonds. The fourth-order valence-corrected chi connectivity index (χ4v) is 3.97. The average Bonchev–Trinajstić information content (AvgIpc) is 3.07. The Bertz CT molecular complexity index is 1210. The van der Waals surface area contributed by atoms with Crippen LogP contribution in [0.2, 0.25) is 0 Å². The van der Waals surface area contributed by atoms with Crippen LogP contribution in [-0.4, -0.2) is 34.5 Å². The van der Waals surface area contributed by atoms with Gasteiger partial charge in [-0.2, -0.15) is 4.99 Å². The Morgan fingerprint density at radius 3 is 2.10 bits per heavy atom. The maximum Gasteiger partial charge on any atom is 0.280 e. The summed E-state index contributed by atoms with van der Waals surface area (Å²) >= 11 is 1.21. The molecule has 12 heteroatoms. The van der Waals surface area contributed by atoms with Crippen molar-refractivity contribution in [2.45, 2.75) is 13.5 Å². The number of non-ortho nitro benzene ring substituents is 2. The van der Waals surface area contributed by atoms with E-state index in [1.165, 1.54) is 25.6 Å². The van der Waals surface area contributed by atoms with E-state index in [0.29, 0.717) is 22.8 Å². The largest absolute Gasteiger partial charge is 0.493 e. The topological polar surface area (TPSA) is 139 Å². The van der Waals surface area contributed by atoms with Crippen LogP contribution in [-0.2, 0) is 6.54 Å². The van der Waals surface area contributed by atoms with E-state index >= 15 is 0 Å². The maximum atomic E-state index is 12.7. The van der Waals surface area contributed by atoms with Crippen molar-refractivity contribution in [2.75, 3.05) is 14.2 Å². The van der Waals surface area contributed by atoms with Gasteiger partial charge in [-0.1, -0.05) is 11.3 Å². The van der Waals surface area contributed by atoms with Gasteiger partial charge in [0.25, 0.3) is 17.3 Å². The molecule has 30 heavy (non-hydrogen) atoms. The van der Waals surface area contributed by atoms with E-state index in [1.54, 1.807) is 16.7 Å². The second-order valence-electron chi connectivity index (χ2n) is 5.97. The third-order valence-corrected chi connectivity index (χ3v) is 5.31. The van der Waals surface area contributed by atoms with Crippen molar-refractivity contribution in [1.29, 1.82) is 0 Å². The van der Waals surface area contributed by atoms with Crippen LogP contribution in [0.3, 0.4) is 0 Å². The molecule has 0 bridgehead atoms. The summed E-state index contributed by atoms with van der Waals surface area (Å²) in [5.74, 6) is 0.202. The van der Waals surface area contributed by atoms with E-state index in [2.05, 4.69) is 4.99 Å². The number of nitro benzene ring substituents is 2. The molecule has 0 unspecified atom stereocenters. The van der Waals surface area contributed by atoms with Crippen LogP contribution < -0.4 is 14.3 Å². The van der Waals surface area contributed by atoms with Crippen LogP contribution in [0.1, 0.15) is 17.3 Å². The first kappa shape index (κ1) is 20.9. The first-order valence-electron chi connectivity index (χ1n) is 8.57. The Labute approximate surface area is 173 Å². The smallest absolute Gasteiger partial charge is 0.280 e. The maximum absolute atomic E-state index is 12.7. The highest BCUT2D eigenvalue weighted by molar-refractivity contribution is 7.16. The summed E-state index contributed by atoms with van der Waals surface area (Å²) in [5.41, 5.74) is -0.600. The van der Waals surface area contributed by atoms with Crippen LogP contribution >= 0.6 is 11.3 Å². The quantitative estimate of drug-likeness (QED) is 0.430. The molecule has 3 aromatic rings. The van der Waals surface area contributed by atoms with Gasteiger partial charge in [-0.25, -0.2) is 0 Å². The lowest BCUT2D eigenvalue weighted by Crippen LogP contribution is -2.16. The molecule has 0 atom stereocenters. The Morgan fingerprint density at radius 2 is 1.60 bits per heavy atom. The van der Waals surface area contributed by atoms with Gasteiger partial charge >= 0.3 is 0 Å². The molecule has 1 aromatic heterocycles. The molecule has 0 saturated heterocycles. The molecule has 0 saturated carbocycles. The van der Waals surface area contributed by atoms with Crippen LogP contribution in [0.5, 0.6) is 11.5 Å². The SMILES string of the molecule is CCn1c(=NC(=O)c2cc([N+](=O)[O-])cc([N+](=O)[O-])c2)sc2cc(OC)c(OC)cc21. The molecule has 11 nitrogen and oxygen atoms in total. The number of ether oxygens (including phenoxy) is 2. The van der Waals surface area contributed by atoms with E-state index in [0.717, 1.165) is 28.4 Å². The van der Waals surface area contributed by atoms with Crippen LogP contribution in [0.25, 0.3) is 10.2 Å². The Kier molecular flexibility index (Phi) is 5.78. The molecule has 0 spiro atoms. The number of nitro groups is 2. The van der Waals surface area contributed by atoms with Crippen molar-refractivity contribution in [3.8, 4) is 11.5 Å². The Hall–Kier alpha value is -3.80. The molecular weight excluding hydrogens is 416 g/mol. The van der Waals surface area contributed by atoms with E-state index < -0.39 is 27.1 Å². The normalized spacial score (nSPS) is 11.5. The van der Waals surface area contributed by atoms with Gasteiger partial charge in [-0.3, -0.25) is 25.0 Å². The van der Waals surface area contributed by atoms with Crippen molar-refractivity contribution in [1.82, 2.24) is 4.57 Å². The van der Waals surface area contributed by atoms with Crippen LogP contribution in [0, 0.1) is 20.2 Å². The number of nitrogens with zero attached hydrogens (tertiary/aromatic N) is 4. The predicted octanol–water partition coefficient (Wildman–Crippen LogP) is 3.30. The Morgan fingerprint density at radius 1 is 1.03 bits per heavy atom. The number of fused-ring (bicyclic) bond motifs is 1. The summed E-state index contributed by atoms with van der Waals surface area (Å²) in [6.45, 7) is 2.35. The first-order chi connectivity index (χ1) is 14.3. The number of aromatic nitrogens is 1. The average molecular weight is 432 g/mol. The van der Waals surface area contributed by atoms with E-state index in [9.17, 15) is 25.0 Å². The molecule has 0 aliphatic carbocycles. The monoisotopic (exact) mass is 432 g/mol. The zero-order chi connectivity index (χ0) is 22.0. The number of hydrogen-bond acceptors (Lipinski definition) is 8. The number of benzene rings is 2. The molecule has 0 aliphatic heterocycles. The zero-order valence-electron chi connectivity index (χ0n) is 16.1. The number of methoxy groups -OCH3 is 2. The predicted molar refractivity (Wildman–Crippen MR) is 108 cm³/mol. The molecule has 0 fully saturated rings. The molecule has 0 aliphatic rings. The number of amides is 1. The minimum atomic E-state index is -0.825. The lowest BCUT2D eigenvalue weighted by molar-refractivity contribution is -0.394. The third kappa shape index (κ3) is 3.85. The van der Waals surface area contributed by atoms with Gasteiger partial charge in [0, 0.05) is 30.8 Å². The van der Waals surface area contributed by atoms with Crippen LogP contribution in [0.15, 0.2) is 35.3 Å². The number of hydrogen-bond donors (Lipinski definition) is 0. The highest BCUT2D eigenvalue weighted by atomic mass is 32.1. The van der Waals surface area contributed by atoms with Crippen molar-refractivity contribution >= 4 is 38.8 Å². The lowest BCUT2D eigenvalue weighted by atomic mass is 10.1. The molecule has 0 radical (unpaired) electrons. The second kappa shape index (κ2) is 8.29. The highest BCUT2D eigenvalue weighted by Crippen LogP contribution is 2.33. The molecule has 2 aromatic carbocycles. The molecular formula is C18H16N4O7S. The third-order valence-electron chi connectivity index (χ3n) is 4.27. The minimum Gasteiger partial charge on any atom is -0.493 e. The summed E-state index contributed by atoms with van der Waals surface area (Å²) in [6, 6.07) is 6.24. The molecule has 3 rings (SSSR count). The first-order valence-corrected chi connectivity index (χ1v) is 9.39. The van der Waals surface area contributed by atoms with E-state index in [4.69, 9.17) is 9.47 Å². The second-order valence-corrected chi connectivity index (χ2v) is 6.98. The highest BCUT2D eigenvalue weighted by Gasteiger charge is 2.20. The Balaban J connectivity index is 2.18. The molecule has 0 N–H and O–H groups in total. The molecule has 1 heterocycles. The van der Waals surface area contributed by atoms with Crippen molar-refractivity contribution < 1.29 is 24.1 Å². The lowest BCUT2D eigenvalue weighted by Gasteiger charge is -2.08. The van der Waals surface area contributed by atoms with Gasteiger partial charge in [0.05, 0.1) is 45.9 Å². The van der Waals surface area contributed by atoms with Gasteiger partial charge < -0.3 is 14.0 Å². The summed E-state index contributed by atoms with van der Waals surface area (Å²) in [5, 5.41) is 22.1. The summed E-state index contributed by atoms with van der Waals surface area (Å²) in [6.07, 6.45) is 0. The van der Waals surface area contributed by atoms with Crippen LogP contribution in [0.4, 0.5) is 11.4 Å². The summed E-state index contributed by atoms with van der Waals surface area (Å²) in [4.78, 5) is 37.6. The minimum absolute atomic E-state index is 0.244. The number of aryl methyl sites for hydroxylation is 1. The fraction of sp³-hybridized carbons (Fsp3) is 0.222. The van der Waals surface area contributed by atoms with Gasteiger partial charge in [-0.15, -0.1) is 0 Å². The van der Waals surface area contributed by atoms with Gasteiger partial charge in [0.1, 0.15) is 0 Å². The summed E-state index contributed by atoms with van der Waals surface area (Å²) in [7, 11) is 3.02. The molecule has 156 valence electrons. The van der Waals surface area contributed by atoms with Crippen molar-refractivity contribution in [3.63, 3.8) is 0 Å². The number of thiazole rings is 1. The van der Waals surface area contributed by atoms with E-state index in [1.807, 2.05) is 6.92 Å². The standard InChI is InChI=1S/C18H16N4O7S/c1-4-20-13-8-14(28-2)15(29-3)9-16(13)30-18(20)19-17(23)10-5-11(21(24)25)7-12(6-10)22(26)27/h5-9H,4H2,1-3H3. The number of carbonyl (C=O) groups is 1. The summed E-state index contributed by atoms with van der Waals surface area (Å²) < 4.78 is 13.2. The van der Waals surface area contributed by atoms with Crippen molar-refractivity contribution in [3.05, 3.63) is 60.9 Å².